The standard InChI is InChI=1S/C48H38N2/c1-32-39-16-7-8-18-41(39)42-28-26-37(30-45(32)42)50-47-20-10-9-19-43(47)44-29-27-38(31-48(44)50)49(46-21-11-15-35-14-5-6-17-40(35)46)36-24-22-34(23-25-36)33-12-3-2-4-13-33/h3,5-22,24-32,34H,2,4,23H2,1H3. The molecule has 50 heavy (non-hydrogen) atoms. The van der Waals surface area contributed by atoms with E-state index in [2.05, 4.69) is 180 Å². The molecule has 0 N–H and O–H groups in total. The lowest BCUT2D eigenvalue weighted by molar-refractivity contribution is 0.762. The second-order valence-corrected chi connectivity index (χ2v) is 14.0. The van der Waals surface area contributed by atoms with E-state index >= 15 is 0 Å². The molecule has 0 saturated carbocycles. The van der Waals surface area contributed by atoms with Crippen LogP contribution in [0.2, 0.25) is 0 Å². The van der Waals surface area contributed by atoms with E-state index in [4.69, 9.17) is 0 Å². The second kappa shape index (κ2) is 11.6. The summed E-state index contributed by atoms with van der Waals surface area (Å²) in [6, 6.07) is 47.3. The number of anilines is 2. The minimum absolute atomic E-state index is 0.361. The van der Waals surface area contributed by atoms with Crippen molar-refractivity contribution in [3.8, 4) is 16.8 Å². The first-order valence-electron chi connectivity index (χ1n) is 18.0. The molecule has 0 saturated heterocycles. The predicted molar refractivity (Wildman–Crippen MR) is 212 cm³/mol. The Morgan fingerprint density at radius 2 is 1.42 bits per heavy atom. The lowest BCUT2D eigenvalue weighted by Gasteiger charge is -2.30. The van der Waals surface area contributed by atoms with Crippen molar-refractivity contribution in [1.29, 1.82) is 0 Å². The smallest absolute Gasteiger partial charge is 0.0561 e. The second-order valence-electron chi connectivity index (χ2n) is 14.0. The van der Waals surface area contributed by atoms with Gasteiger partial charge in [0.05, 0.1) is 16.7 Å². The van der Waals surface area contributed by atoms with Gasteiger partial charge in [-0.3, -0.25) is 0 Å². The maximum atomic E-state index is 2.48. The number of para-hydroxylation sites is 1. The molecule has 2 heteroatoms. The highest BCUT2D eigenvalue weighted by atomic mass is 15.2. The number of allylic oxidation sites excluding steroid dienone is 7. The fourth-order valence-electron chi connectivity index (χ4n) is 8.72. The Hall–Kier alpha value is -5.86. The molecule has 0 fully saturated rings. The molecule has 3 aliphatic carbocycles. The Labute approximate surface area is 293 Å². The van der Waals surface area contributed by atoms with Crippen LogP contribution in [-0.4, -0.2) is 4.57 Å². The normalized spacial score (nSPS) is 17.9. The molecule has 2 nitrogen and oxygen atoms in total. The van der Waals surface area contributed by atoms with Gasteiger partial charge in [0.1, 0.15) is 0 Å². The average Bonchev–Trinajstić information content (AvgIpc) is 3.66. The van der Waals surface area contributed by atoms with E-state index in [1.54, 1.807) is 0 Å². The maximum Gasteiger partial charge on any atom is 0.0561 e. The molecule has 0 radical (unpaired) electrons. The van der Waals surface area contributed by atoms with Crippen LogP contribution in [0, 0.1) is 5.92 Å². The van der Waals surface area contributed by atoms with Crippen LogP contribution in [0.4, 0.5) is 11.4 Å². The highest BCUT2D eigenvalue weighted by molar-refractivity contribution is 6.10. The van der Waals surface area contributed by atoms with Gasteiger partial charge in [0.15, 0.2) is 0 Å². The van der Waals surface area contributed by atoms with Crippen molar-refractivity contribution in [2.75, 3.05) is 4.90 Å². The van der Waals surface area contributed by atoms with Crippen LogP contribution in [0.5, 0.6) is 0 Å². The third-order valence-electron chi connectivity index (χ3n) is 11.2. The molecule has 1 aromatic heterocycles. The van der Waals surface area contributed by atoms with Gasteiger partial charge in [-0.1, -0.05) is 128 Å². The zero-order valence-corrected chi connectivity index (χ0v) is 28.3. The van der Waals surface area contributed by atoms with Crippen molar-refractivity contribution in [2.45, 2.75) is 32.1 Å². The van der Waals surface area contributed by atoms with Gasteiger partial charge in [0.25, 0.3) is 0 Å². The first kappa shape index (κ1) is 29.1. The number of rotatable bonds is 5. The number of aromatic nitrogens is 1. The largest absolute Gasteiger partial charge is 0.310 e. The molecule has 3 aliphatic rings. The molecule has 1 heterocycles. The minimum Gasteiger partial charge on any atom is -0.310 e. The van der Waals surface area contributed by atoms with Crippen molar-refractivity contribution >= 4 is 44.0 Å². The van der Waals surface area contributed by atoms with Crippen LogP contribution in [0.25, 0.3) is 49.4 Å². The third kappa shape index (κ3) is 4.55. The van der Waals surface area contributed by atoms with Crippen LogP contribution in [0.15, 0.2) is 175 Å². The number of hydrogen-bond acceptors (Lipinski definition) is 1. The summed E-state index contributed by atoms with van der Waals surface area (Å²) in [6.45, 7) is 2.34. The van der Waals surface area contributed by atoms with Gasteiger partial charge in [-0.25, -0.2) is 0 Å². The van der Waals surface area contributed by atoms with Gasteiger partial charge in [-0.15, -0.1) is 0 Å². The zero-order valence-electron chi connectivity index (χ0n) is 28.3. The first-order chi connectivity index (χ1) is 24.7. The summed E-state index contributed by atoms with van der Waals surface area (Å²) in [7, 11) is 0. The molecule has 7 aromatic rings. The minimum atomic E-state index is 0.361. The zero-order chi connectivity index (χ0) is 33.2. The van der Waals surface area contributed by atoms with E-state index in [1.165, 1.54) is 77.5 Å². The molecule has 0 amide bonds. The molecular formula is C48H38N2. The Balaban J connectivity index is 1.16. The highest BCUT2D eigenvalue weighted by Crippen LogP contribution is 2.46. The molecule has 6 aromatic carbocycles. The fourth-order valence-corrected chi connectivity index (χ4v) is 8.72. The number of nitrogens with zero attached hydrogens (tertiary/aromatic N) is 2. The molecule has 0 bridgehead atoms. The molecule has 240 valence electrons. The number of benzene rings is 6. The van der Waals surface area contributed by atoms with Gasteiger partial charge in [0.2, 0.25) is 0 Å². The van der Waals surface area contributed by atoms with Gasteiger partial charge in [-0.2, -0.15) is 0 Å². The summed E-state index contributed by atoms with van der Waals surface area (Å²) in [5.74, 6) is 0.781. The SMILES string of the molecule is CC1c2ccccc2-c2ccc(-n3c4ccccc4c4ccc(N(C5=CCC(C6=CCCC=C6)C=C5)c5cccc6ccccc56)cc43)cc21. The topological polar surface area (TPSA) is 8.17 Å². The summed E-state index contributed by atoms with van der Waals surface area (Å²) in [6.07, 6.45) is 17.5. The van der Waals surface area contributed by atoms with E-state index in [0.29, 0.717) is 11.8 Å². The van der Waals surface area contributed by atoms with Crippen LogP contribution < -0.4 is 4.90 Å². The lowest BCUT2D eigenvalue weighted by Crippen LogP contribution is -2.18. The van der Waals surface area contributed by atoms with E-state index < -0.39 is 0 Å². The van der Waals surface area contributed by atoms with Crippen molar-refractivity contribution < 1.29 is 0 Å². The summed E-state index contributed by atoms with van der Waals surface area (Å²) in [5.41, 5.74) is 14.2. The van der Waals surface area contributed by atoms with E-state index in [9.17, 15) is 0 Å². The summed E-state index contributed by atoms with van der Waals surface area (Å²) in [4.78, 5) is 2.48. The van der Waals surface area contributed by atoms with Crippen molar-refractivity contribution in [3.05, 3.63) is 186 Å². The molecule has 0 aliphatic heterocycles. The van der Waals surface area contributed by atoms with Crippen LogP contribution in [0.3, 0.4) is 0 Å². The molecule has 2 atom stereocenters. The van der Waals surface area contributed by atoms with E-state index in [0.717, 1.165) is 24.9 Å². The van der Waals surface area contributed by atoms with Crippen LogP contribution >= 0.6 is 0 Å². The predicted octanol–water partition coefficient (Wildman–Crippen LogP) is 12.9. The first-order valence-corrected chi connectivity index (χ1v) is 18.0. The lowest BCUT2D eigenvalue weighted by atomic mass is 9.88. The van der Waals surface area contributed by atoms with Gasteiger partial charge < -0.3 is 9.47 Å². The molecular weight excluding hydrogens is 605 g/mol. The third-order valence-corrected chi connectivity index (χ3v) is 11.2. The van der Waals surface area contributed by atoms with Gasteiger partial charge >= 0.3 is 0 Å². The Morgan fingerprint density at radius 1 is 0.620 bits per heavy atom. The van der Waals surface area contributed by atoms with Gasteiger partial charge in [0, 0.05) is 45.1 Å². The average molecular weight is 643 g/mol. The van der Waals surface area contributed by atoms with Crippen molar-refractivity contribution in [1.82, 2.24) is 4.57 Å². The molecule has 0 spiro atoms. The maximum absolute atomic E-state index is 2.48. The summed E-state index contributed by atoms with van der Waals surface area (Å²) >= 11 is 0. The summed E-state index contributed by atoms with van der Waals surface area (Å²) in [5, 5.41) is 5.03. The van der Waals surface area contributed by atoms with Crippen molar-refractivity contribution in [2.24, 2.45) is 5.92 Å². The highest BCUT2D eigenvalue weighted by Gasteiger charge is 2.27. The fraction of sp³-hybridized carbons (Fsp3) is 0.125. The van der Waals surface area contributed by atoms with E-state index in [1.807, 2.05) is 0 Å². The number of hydrogen-bond donors (Lipinski definition) is 0. The number of fused-ring (bicyclic) bond motifs is 7. The van der Waals surface area contributed by atoms with Crippen LogP contribution in [0.1, 0.15) is 43.2 Å². The molecule has 2 unspecified atom stereocenters. The van der Waals surface area contributed by atoms with E-state index in [-0.39, 0.29) is 0 Å². The Kier molecular flexibility index (Phi) is 6.77. The van der Waals surface area contributed by atoms with Crippen molar-refractivity contribution in [3.63, 3.8) is 0 Å². The Bertz CT molecular complexity index is 2600. The molecule has 10 rings (SSSR count). The van der Waals surface area contributed by atoms with Crippen LogP contribution in [-0.2, 0) is 0 Å². The summed E-state index contributed by atoms with van der Waals surface area (Å²) < 4.78 is 2.48. The van der Waals surface area contributed by atoms with Gasteiger partial charge in [-0.05, 0) is 94.9 Å². The quantitative estimate of drug-likeness (QED) is 0.181. The monoisotopic (exact) mass is 642 g/mol. The Morgan fingerprint density at radius 3 is 2.30 bits per heavy atom.